The number of ether oxygens (including phenoxy) is 2. The van der Waals surface area contributed by atoms with Crippen LogP contribution in [0.5, 0.6) is 11.5 Å². The number of rotatable bonds is 3. The van der Waals surface area contributed by atoms with Crippen molar-refractivity contribution in [2.24, 2.45) is 0 Å². The van der Waals surface area contributed by atoms with Crippen LogP contribution in [0.1, 0.15) is 20.3 Å². The van der Waals surface area contributed by atoms with Gasteiger partial charge in [0.1, 0.15) is 0 Å². The van der Waals surface area contributed by atoms with E-state index in [-0.39, 0.29) is 0 Å². The standard InChI is InChI=1S/C15H18N2O2S/c1-10(2)16-15-17-12(9-20-15)11-4-5-13-14(8-11)19-7-3-6-18-13/h4-5,8-10H,3,6-7H2,1-2H3,(H,16,17). The molecule has 2 aromatic rings. The molecular formula is C15H18N2O2S. The van der Waals surface area contributed by atoms with Crippen molar-refractivity contribution >= 4 is 16.5 Å². The molecule has 2 heterocycles. The van der Waals surface area contributed by atoms with Gasteiger partial charge in [-0.25, -0.2) is 4.98 Å². The molecule has 5 heteroatoms. The van der Waals surface area contributed by atoms with Crippen molar-refractivity contribution in [3.63, 3.8) is 0 Å². The first-order valence-corrected chi connectivity index (χ1v) is 7.72. The summed E-state index contributed by atoms with van der Waals surface area (Å²) in [5, 5.41) is 6.32. The van der Waals surface area contributed by atoms with Gasteiger partial charge in [0, 0.05) is 23.4 Å². The minimum atomic E-state index is 0.387. The first-order chi connectivity index (χ1) is 9.72. The van der Waals surface area contributed by atoms with Gasteiger partial charge < -0.3 is 14.8 Å². The fraction of sp³-hybridized carbons (Fsp3) is 0.400. The third-order valence-corrected chi connectivity index (χ3v) is 3.73. The lowest BCUT2D eigenvalue weighted by molar-refractivity contribution is 0.297. The van der Waals surface area contributed by atoms with Crippen LogP contribution in [0.25, 0.3) is 11.3 Å². The second kappa shape index (κ2) is 5.71. The van der Waals surface area contributed by atoms with Crippen molar-refractivity contribution in [1.82, 2.24) is 4.98 Å². The van der Waals surface area contributed by atoms with Gasteiger partial charge in [0.2, 0.25) is 0 Å². The lowest BCUT2D eigenvalue weighted by Crippen LogP contribution is -2.08. The summed E-state index contributed by atoms with van der Waals surface area (Å²) in [4.78, 5) is 4.60. The Balaban J connectivity index is 1.86. The summed E-state index contributed by atoms with van der Waals surface area (Å²) in [6.07, 6.45) is 0.920. The SMILES string of the molecule is CC(C)Nc1nc(-c2ccc3c(c2)OCCCO3)cs1. The zero-order valence-electron chi connectivity index (χ0n) is 11.7. The molecule has 0 spiro atoms. The lowest BCUT2D eigenvalue weighted by atomic mass is 10.1. The van der Waals surface area contributed by atoms with Gasteiger partial charge in [-0.3, -0.25) is 0 Å². The minimum Gasteiger partial charge on any atom is -0.490 e. The Morgan fingerprint density at radius 3 is 2.80 bits per heavy atom. The van der Waals surface area contributed by atoms with E-state index in [0.29, 0.717) is 19.3 Å². The van der Waals surface area contributed by atoms with E-state index in [1.54, 1.807) is 11.3 Å². The van der Waals surface area contributed by atoms with Gasteiger partial charge in [-0.1, -0.05) is 0 Å². The van der Waals surface area contributed by atoms with Crippen molar-refractivity contribution in [3.8, 4) is 22.8 Å². The maximum absolute atomic E-state index is 5.72. The highest BCUT2D eigenvalue weighted by Crippen LogP contribution is 2.35. The number of nitrogens with one attached hydrogen (secondary N) is 1. The molecule has 0 saturated carbocycles. The topological polar surface area (TPSA) is 43.4 Å². The molecule has 106 valence electrons. The molecule has 1 aromatic heterocycles. The van der Waals surface area contributed by atoms with Crippen LogP contribution >= 0.6 is 11.3 Å². The van der Waals surface area contributed by atoms with E-state index in [4.69, 9.17) is 9.47 Å². The van der Waals surface area contributed by atoms with E-state index in [1.807, 2.05) is 18.2 Å². The molecular weight excluding hydrogens is 272 g/mol. The minimum absolute atomic E-state index is 0.387. The van der Waals surface area contributed by atoms with Gasteiger partial charge in [0.15, 0.2) is 16.6 Å². The second-order valence-electron chi connectivity index (χ2n) is 5.05. The zero-order chi connectivity index (χ0) is 13.9. The van der Waals surface area contributed by atoms with Gasteiger partial charge >= 0.3 is 0 Å². The highest BCUT2D eigenvalue weighted by Gasteiger charge is 2.13. The molecule has 0 bridgehead atoms. The molecule has 20 heavy (non-hydrogen) atoms. The number of fused-ring (bicyclic) bond motifs is 1. The number of aromatic nitrogens is 1. The van der Waals surface area contributed by atoms with E-state index in [2.05, 4.69) is 29.5 Å². The van der Waals surface area contributed by atoms with Crippen molar-refractivity contribution < 1.29 is 9.47 Å². The summed E-state index contributed by atoms with van der Waals surface area (Å²) >= 11 is 1.62. The third-order valence-electron chi connectivity index (χ3n) is 2.96. The number of hydrogen-bond acceptors (Lipinski definition) is 5. The van der Waals surface area contributed by atoms with E-state index in [1.165, 1.54) is 0 Å². The molecule has 0 aliphatic carbocycles. The number of thiazole rings is 1. The second-order valence-corrected chi connectivity index (χ2v) is 5.91. The third kappa shape index (κ3) is 2.88. The van der Waals surface area contributed by atoms with E-state index in [0.717, 1.165) is 34.3 Å². The molecule has 3 rings (SSSR count). The molecule has 4 nitrogen and oxygen atoms in total. The monoisotopic (exact) mass is 290 g/mol. The molecule has 0 radical (unpaired) electrons. The Kier molecular flexibility index (Phi) is 3.78. The highest BCUT2D eigenvalue weighted by atomic mass is 32.1. The van der Waals surface area contributed by atoms with Gasteiger partial charge in [0.05, 0.1) is 18.9 Å². The fourth-order valence-electron chi connectivity index (χ4n) is 2.04. The molecule has 1 N–H and O–H groups in total. The fourth-order valence-corrected chi connectivity index (χ4v) is 2.91. The Hall–Kier alpha value is -1.75. The Morgan fingerprint density at radius 2 is 2.00 bits per heavy atom. The molecule has 1 aliphatic heterocycles. The molecule has 0 amide bonds. The molecule has 1 aliphatic rings. The molecule has 0 fully saturated rings. The average Bonchev–Trinajstić information content (AvgIpc) is 2.74. The van der Waals surface area contributed by atoms with Gasteiger partial charge in [-0.05, 0) is 32.0 Å². The zero-order valence-corrected chi connectivity index (χ0v) is 12.5. The molecule has 0 atom stereocenters. The quantitative estimate of drug-likeness (QED) is 0.934. The Bertz CT molecular complexity index is 595. The van der Waals surface area contributed by atoms with E-state index in [9.17, 15) is 0 Å². The van der Waals surface area contributed by atoms with Crippen molar-refractivity contribution in [3.05, 3.63) is 23.6 Å². The number of hydrogen-bond donors (Lipinski definition) is 1. The van der Waals surface area contributed by atoms with Crippen LogP contribution in [-0.2, 0) is 0 Å². The summed E-state index contributed by atoms with van der Waals surface area (Å²) in [5.74, 6) is 1.63. The summed E-state index contributed by atoms with van der Waals surface area (Å²) in [6, 6.07) is 6.39. The summed E-state index contributed by atoms with van der Waals surface area (Å²) < 4.78 is 11.4. The maximum atomic E-state index is 5.72. The summed E-state index contributed by atoms with van der Waals surface area (Å²) in [5.41, 5.74) is 2.02. The Morgan fingerprint density at radius 1 is 1.20 bits per heavy atom. The molecule has 0 unspecified atom stereocenters. The van der Waals surface area contributed by atoms with E-state index < -0.39 is 0 Å². The van der Waals surface area contributed by atoms with Crippen LogP contribution in [0.2, 0.25) is 0 Å². The van der Waals surface area contributed by atoms with Crippen LogP contribution < -0.4 is 14.8 Å². The molecule has 0 saturated heterocycles. The summed E-state index contributed by atoms with van der Waals surface area (Å²) in [6.45, 7) is 5.63. The number of nitrogens with zero attached hydrogens (tertiary/aromatic N) is 1. The van der Waals surface area contributed by atoms with Crippen molar-refractivity contribution in [2.75, 3.05) is 18.5 Å². The smallest absolute Gasteiger partial charge is 0.183 e. The first kappa shape index (κ1) is 13.2. The van der Waals surface area contributed by atoms with Crippen molar-refractivity contribution in [1.29, 1.82) is 0 Å². The number of anilines is 1. The lowest BCUT2D eigenvalue weighted by Gasteiger charge is -2.08. The molecule has 1 aromatic carbocycles. The van der Waals surface area contributed by atoms with Gasteiger partial charge in [0.25, 0.3) is 0 Å². The van der Waals surface area contributed by atoms with Crippen LogP contribution in [0.4, 0.5) is 5.13 Å². The first-order valence-electron chi connectivity index (χ1n) is 6.84. The highest BCUT2D eigenvalue weighted by molar-refractivity contribution is 7.14. The van der Waals surface area contributed by atoms with Crippen LogP contribution in [0.15, 0.2) is 23.6 Å². The van der Waals surface area contributed by atoms with Crippen molar-refractivity contribution in [2.45, 2.75) is 26.3 Å². The predicted molar refractivity (Wildman–Crippen MR) is 81.9 cm³/mol. The predicted octanol–water partition coefficient (Wildman–Crippen LogP) is 3.79. The average molecular weight is 290 g/mol. The Labute approximate surface area is 122 Å². The van der Waals surface area contributed by atoms with Crippen LogP contribution in [-0.4, -0.2) is 24.2 Å². The van der Waals surface area contributed by atoms with E-state index >= 15 is 0 Å². The normalized spacial score (nSPS) is 14.2. The van der Waals surface area contributed by atoms with Crippen LogP contribution in [0.3, 0.4) is 0 Å². The van der Waals surface area contributed by atoms with Crippen LogP contribution in [0, 0.1) is 0 Å². The van der Waals surface area contributed by atoms with Gasteiger partial charge in [-0.2, -0.15) is 0 Å². The largest absolute Gasteiger partial charge is 0.490 e. The van der Waals surface area contributed by atoms with Gasteiger partial charge in [-0.15, -0.1) is 11.3 Å². The summed E-state index contributed by atoms with van der Waals surface area (Å²) in [7, 11) is 0. The maximum Gasteiger partial charge on any atom is 0.183 e. The number of benzene rings is 1.